The first-order valence-electron chi connectivity index (χ1n) is 16.9. The highest BCUT2D eigenvalue weighted by molar-refractivity contribution is 6.03. The molecule has 0 unspecified atom stereocenters. The van der Waals surface area contributed by atoms with Crippen LogP contribution >= 0.6 is 0 Å². The summed E-state index contributed by atoms with van der Waals surface area (Å²) in [6.07, 6.45) is 11.0. The number of nitrogens with zero attached hydrogens (tertiary/aromatic N) is 2. The van der Waals surface area contributed by atoms with Gasteiger partial charge in [-0.15, -0.1) is 0 Å². The zero-order valence-electron chi connectivity index (χ0n) is 28.4. The van der Waals surface area contributed by atoms with Crippen molar-refractivity contribution >= 4 is 23.0 Å². The minimum absolute atomic E-state index is 0.00610. The summed E-state index contributed by atoms with van der Waals surface area (Å²) in [5.41, 5.74) is -0.160. The standard InChI is InChI=1S/C40H47N3O3/c1-35(2)16-18-40(43-32(45)20-26(24-41)25-12-10-9-11-13-25)19-17-39(7)33(27(40)22-35)29(44)21-31-37(5)23-28(42-8)34(46)36(3,4)30(37)14-15-38(31,39)6/h9-13,20-21,23,27,30,33H,14-19,22H2,1-7H3,(H,43,45)/b26-20+/t27-,30-,33-,37-,38+,39+,40-/m0/s1. The lowest BCUT2D eigenvalue weighted by Crippen LogP contribution is -2.69. The fourth-order valence-electron chi connectivity index (χ4n) is 11.0. The van der Waals surface area contributed by atoms with Crippen LogP contribution in [0.25, 0.3) is 10.4 Å². The zero-order valence-corrected chi connectivity index (χ0v) is 28.4. The molecule has 0 aliphatic heterocycles. The Bertz CT molecular complexity index is 1700. The number of carbonyl (C=O) groups excluding carboxylic acids is 3. The largest absolute Gasteiger partial charge is 0.347 e. The Balaban J connectivity index is 1.43. The maximum absolute atomic E-state index is 14.7. The Morgan fingerprint density at radius 3 is 2.33 bits per heavy atom. The van der Waals surface area contributed by atoms with E-state index < -0.39 is 16.4 Å². The van der Waals surface area contributed by atoms with Gasteiger partial charge < -0.3 is 10.1 Å². The summed E-state index contributed by atoms with van der Waals surface area (Å²) >= 11 is 0. The average Bonchev–Trinajstić information content (AvgIpc) is 3.00. The van der Waals surface area contributed by atoms with Crippen molar-refractivity contribution < 1.29 is 14.4 Å². The Hall–Kier alpha value is -3.77. The lowest BCUT2D eigenvalue weighted by molar-refractivity contribution is -0.163. The SMILES string of the molecule is [C-]#[N+]C1=C[C@]2(C)C3=CC(=O)[C@@H]4[C@@H]5CC(C)(C)CC[C@]5(NC(=O)/C=C(\C#N)c5ccccc5)CC[C@@]4(C)[C@]3(C)CC[C@H]2C(C)(C)C1=O. The smallest absolute Gasteiger partial charge is 0.245 e. The van der Waals surface area contributed by atoms with E-state index in [1.54, 1.807) is 0 Å². The van der Waals surface area contributed by atoms with Crippen LogP contribution in [0.2, 0.25) is 0 Å². The van der Waals surface area contributed by atoms with Crippen LogP contribution in [-0.2, 0) is 14.4 Å². The van der Waals surface area contributed by atoms with Crippen LogP contribution < -0.4 is 5.32 Å². The number of carbonyl (C=O) groups is 3. The van der Waals surface area contributed by atoms with Crippen molar-refractivity contribution in [2.75, 3.05) is 0 Å². The molecular formula is C40H47N3O3. The number of fused-ring (bicyclic) bond motifs is 7. The second-order valence-corrected chi connectivity index (χ2v) is 16.9. The third-order valence-electron chi connectivity index (χ3n) is 13.7. The molecule has 1 aromatic rings. The first-order valence-corrected chi connectivity index (χ1v) is 16.9. The highest BCUT2D eigenvalue weighted by atomic mass is 16.2. The number of nitriles is 1. The molecule has 1 aromatic carbocycles. The van der Waals surface area contributed by atoms with Crippen LogP contribution in [-0.4, -0.2) is 23.0 Å². The van der Waals surface area contributed by atoms with Crippen molar-refractivity contribution in [1.29, 1.82) is 5.26 Å². The van der Waals surface area contributed by atoms with E-state index in [1.165, 1.54) is 6.08 Å². The number of nitrogens with one attached hydrogen (secondary N) is 1. The third-order valence-corrected chi connectivity index (χ3v) is 13.7. The first-order chi connectivity index (χ1) is 21.5. The van der Waals surface area contributed by atoms with Crippen molar-refractivity contribution in [3.63, 3.8) is 0 Å². The van der Waals surface area contributed by atoms with Crippen LogP contribution in [0.15, 0.2) is 59.8 Å². The topological polar surface area (TPSA) is 91.4 Å². The second-order valence-electron chi connectivity index (χ2n) is 16.9. The fraction of sp³-hybridized carbons (Fsp3) is 0.575. The molecule has 0 saturated heterocycles. The molecular weight excluding hydrogens is 570 g/mol. The number of benzene rings is 1. The number of Topliss-reactive ketones (excluding diaryl/α,β-unsaturated/α-hetero) is 1. The Morgan fingerprint density at radius 2 is 1.67 bits per heavy atom. The quantitative estimate of drug-likeness (QED) is 0.211. The molecule has 3 saturated carbocycles. The maximum atomic E-state index is 14.7. The van der Waals surface area contributed by atoms with E-state index in [9.17, 15) is 19.6 Å². The van der Waals surface area contributed by atoms with Crippen LogP contribution in [0.5, 0.6) is 0 Å². The third kappa shape index (κ3) is 4.43. The molecule has 6 heteroatoms. The molecule has 0 bridgehead atoms. The summed E-state index contributed by atoms with van der Waals surface area (Å²) in [5, 5.41) is 13.3. The number of ketones is 2. The van der Waals surface area contributed by atoms with Gasteiger partial charge in [0.15, 0.2) is 11.6 Å². The van der Waals surface area contributed by atoms with Crippen molar-refractivity contribution in [2.24, 2.45) is 44.8 Å². The number of rotatable bonds is 3. The second kappa shape index (κ2) is 10.4. The highest BCUT2D eigenvalue weighted by Crippen LogP contribution is 2.73. The van der Waals surface area contributed by atoms with Gasteiger partial charge in [-0.3, -0.25) is 9.59 Å². The fourth-order valence-corrected chi connectivity index (χ4v) is 11.0. The van der Waals surface area contributed by atoms with E-state index in [0.29, 0.717) is 11.1 Å². The molecule has 0 aromatic heterocycles. The van der Waals surface area contributed by atoms with Crippen LogP contribution in [0.1, 0.15) is 99.0 Å². The molecule has 5 aliphatic rings. The zero-order chi connectivity index (χ0) is 33.5. The number of hydrogen-bond donors (Lipinski definition) is 1. The van der Waals surface area contributed by atoms with Gasteiger partial charge in [-0.25, -0.2) is 4.85 Å². The lowest BCUT2D eigenvalue weighted by atomic mass is 9.35. The molecule has 46 heavy (non-hydrogen) atoms. The molecule has 0 heterocycles. The molecule has 6 rings (SSSR count). The highest BCUT2D eigenvalue weighted by Gasteiger charge is 2.70. The van der Waals surface area contributed by atoms with Gasteiger partial charge in [0.25, 0.3) is 0 Å². The normalized spacial score (nSPS) is 39.2. The van der Waals surface area contributed by atoms with E-state index in [4.69, 9.17) is 6.57 Å². The molecule has 0 radical (unpaired) electrons. The summed E-state index contributed by atoms with van der Waals surface area (Å²) in [7, 11) is 0. The molecule has 5 aliphatic carbocycles. The Kier molecular flexibility index (Phi) is 7.25. The van der Waals surface area contributed by atoms with Gasteiger partial charge in [0.1, 0.15) is 0 Å². The lowest BCUT2D eigenvalue weighted by Gasteiger charge is -2.69. The monoisotopic (exact) mass is 617 g/mol. The Labute approximate surface area is 274 Å². The van der Waals surface area contributed by atoms with E-state index in [1.807, 2.05) is 56.3 Å². The molecule has 0 spiro atoms. The Morgan fingerprint density at radius 1 is 1.00 bits per heavy atom. The van der Waals surface area contributed by atoms with Crippen LogP contribution in [0, 0.1) is 62.7 Å². The summed E-state index contributed by atoms with van der Waals surface area (Å²) in [6.45, 7) is 23.1. The van der Waals surface area contributed by atoms with Crippen LogP contribution in [0.4, 0.5) is 0 Å². The number of amides is 1. The van der Waals surface area contributed by atoms with E-state index in [0.717, 1.165) is 50.5 Å². The molecule has 7 atom stereocenters. The van der Waals surface area contributed by atoms with Crippen molar-refractivity contribution in [1.82, 2.24) is 5.32 Å². The maximum Gasteiger partial charge on any atom is 0.245 e. The number of hydrogen-bond acceptors (Lipinski definition) is 4. The molecule has 240 valence electrons. The van der Waals surface area contributed by atoms with Gasteiger partial charge in [0.05, 0.1) is 18.2 Å². The molecule has 1 amide bonds. The van der Waals surface area contributed by atoms with Gasteiger partial charge in [0, 0.05) is 28.4 Å². The minimum Gasteiger partial charge on any atom is -0.347 e. The van der Waals surface area contributed by atoms with Gasteiger partial charge in [0.2, 0.25) is 11.6 Å². The van der Waals surface area contributed by atoms with E-state index >= 15 is 0 Å². The molecule has 3 fully saturated rings. The minimum atomic E-state index is -0.693. The molecule has 6 nitrogen and oxygen atoms in total. The van der Waals surface area contributed by atoms with Crippen molar-refractivity contribution in [2.45, 2.75) is 99.0 Å². The summed E-state index contributed by atoms with van der Waals surface area (Å²) in [6, 6.07) is 11.5. The van der Waals surface area contributed by atoms with Crippen molar-refractivity contribution in [3.05, 3.63) is 76.8 Å². The van der Waals surface area contributed by atoms with Crippen molar-refractivity contribution in [3.8, 4) is 6.07 Å². The first kappa shape index (κ1) is 32.2. The summed E-state index contributed by atoms with van der Waals surface area (Å²) in [5.74, 6) is -0.580. The van der Waals surface area contributed by atoms with Gasteiger partial charge >= 0.3 is 0 Å². The predicted molar refractivity (Wildman–Crippen MR) is 178 cm³/mol. The number of allylic oxidation sites excluding steroid dienone is 5. The van der Waals surface area contributed by atoms with E-state index in [2.05, 4.69) is 50.8 Å². The van der Waals surface area contributed by atoms with Gasteiger partial charge in [-0.2, -0.15) is 5.26 Å². The van der Waals surface area contributed by atoms with E-state index in [-0.39, 0.29) is 57.2 Å². The van der Waals surface area contributed by atoms with Crippen LogP contribution in [0.3, 0.4) is 0 Å². The average molecular weight is 618 g/mol. The van der Waals surface area contributed by atoms with Gasteiger partial charge in [-0.05, 0) is 84.7 Å². The summed E-state index contributed by atoms with van der Waals surface area (Å²) in [4.78, 5) is 45.5. The van der Waals surface area contributed by atoms with Gasteiger partial charge in [-0.1, -0.05) is 90.4 Å². The molecule has 1 N–H and O–H groups in total. The predicted octanol–water partition coefficient (Wildman–Crippen LogP) is 8.03. The summed E-state index contributed by atoms with van der Waals surface area (Å²) < 4.78 is 0.